The maximum atomic E-state index is 7.29. The Morgan fingerprint density at radius 2 is 1.64 bits per heavy atom. The molecule has 0 amide bonds. The molecule has 0 rings (SSSR count). The second kappa shape index (κ2) is 9.04. The van der Waals surface area contributed by atoms with Crippen LogP contribution < -0.4 is 0 Å². The molecule has 0 aromatic rings. The first-order chi connectivity index (χ1) is 6.66. The first-order valence-electron chi connectivity index (χ1n) is 5.78. The van der Waals surface area contributed by atoms with E-state index in [9.17, 15) is 0 Å². The number of methoxy groups -OCH3 is 1. The number of rotatable bonds is 8. The highest BCUT2D eigenvalue weighted by Crippen LogP contribution is 2.11. The van der Waals surface area contributed by atoms with Crippen LogP contribution in [0.25, 0.3) is 0 Å². The zero-order valence-corrected chi connectivity index (χ0v) is 9.94. The van der Waals surface area contributed by atoms with Crippen molar-refractivity contribution in [2.75, 3.05) is 7.11 Å². The zero-order chi connectivity index (χ0) is 10.8. The molecule has 14 heavy (non-hydrogen) atoms. The van der Waals surface area contributed by atoms with E-state index in [1.165, 1.54) is 32.1 Å². The summed E-state index contributed by atoms with van der Waals surface area (Å²) in [4.78, 5) is 0. The lowest BCUT2D eigenvalue weighted by Gasteiger charge is -2.04. The predicted molar refractivity (Wildman–Crippen MR) is 61.9 cm³/mol. The lowest BCUT2D eigenvalue weighted by molar-refractivity contribution is 0.382. The average Bonchev–Trinajstić information content (AvgIpc) is 2.15. The number of hydrogen-bond donors (Lipinski definition) is 1. The standard InChI is InChI=1S/C12H25NO/c1-11(2)9-7-5-4-6-8-10-12(13)14-3/h11,13H,4-10H2,1-3H3. The quantitative estimate of drug-likeness (QED) is 0.358. The van der Waals surface area contributed by atoms with Gasteiger partial charge in [-0.2, -0.15) is 0 Å². The van der Waals surface area contributed by atoms with Crippen molar-refractivity contribution in [3.8, 4) is 0 Å². The van der Waals surface area contributed by atoms with Crippen molar-refractivity contribution in [1.82, 2.24) is 0 Å². The van der Waals surface area contributed by atoms with Crippen LogP contribution in [0.2, 0.25) is 0 Å². The van der Waals surface area contributed by atoms with Crippen LogP contribution >= 0.6 is 0 Å². The first-order valence-corrected chi connectivity index (χ1v) is 5.78. The molecule has 0 aliphatic carbocycles. The third-order valence-corrected chi connectivity index (χ3v) is 2.43. The minimum atomic E-state index is 0.423. The van der Waals surface area contributed by atoms with Gasteiger partial charge in [-0.05, 0) is 12.3 Å². The Hall–Kier alpha value is -0.530. The van der Waals surface area contributed by atoms with Crippen molar-refractivity contribution >= 4 is 5.90 Å². The Bertz CT molecular complexity index is 143. The number of unbranched alkanes of at least 4 members (excludes halogenated alkanes) is 4. The first kappa shape index (κ1) is 13.5. The van der Waals surface area contributed by atoms with Gasteiger partial charge >= 0.3 is 0 Å². The molecule has 0 heterocycles. The molecule has 0 bridgehead atoms. The number of hydrogen-bond acceptors (Lipinski definition) is 2. The third-order valence-electron chi connectivity index (χ3n) is 2.43. The van der Waals surface area contributed by atoms with E-state index in [0.29, 0.717) is 5.90 Å². The van der Waals surface area contributed by atoms with Gasteiger partial charge in [0, 0.05) is 6.42 Å². The summed E-state index contributed by atoms with van der Waals surface area (Å²) in [5.41, 5.74) is 0. The van der Waals surface area contributed by atoms with E-state index in [1.54, 1.807) is 7.11 Å². The molecule has 0 saturated heterocycles. The summed E-state index contributed by atoms with van der Waals surface area (Å²) in [6, 6.07) is 0. The van der Waals surface area contributed by atoms with E-state index in [-0.39, 0.29) is 0 Å². The SMILES string of the molecule is COC(=N)CCCCCCCC(C)C. The Morgan fingerprint density at radius 3 is 2.21 bits per heavy atom. The van der Waals surface area contributed by atoms with E-state index in [4.69, 9.17) is 10.1 Å². The van der Waals surface area contributed by atoms with Crippen LogP contribution in [-0.2, 0) is 4.74 Å². The molecular formula is C12H25NO. The molecule has 0 spiro atoms. The molecule has 0 atom stereocenters. The molecule has 0 aromatic carbocycles. The van der Waals surface area contributed by atoms with Crippen LogP contribution in [0.1, 0.15) is 58.8 Å². The highest BCUT2D eigenvalue weighted by atomic mass is 16.5. The smallest absolute Gasteiger partial charge is 0.180 e. The van der Waals surface area contributed by atoms with Crippen LogP contribution in [0, 0.1) is 11.3 Å². The van der Waals surface area contributed by atoms with Gasteiger partial charge in [-0.15, -0.1) is 0 Å². The van der Waals surface area contributed by atoms with Crippen molar-refractivity contribution in [2.24, 2.45) is 5.92 Å². The fourth-order valence-electron chi connectivity index (χ4n) is 1.47. The summed E-state index contributed by atoms with van der Waals surface area (Å²) in [6.07, 6.45) is 8.52. The Morgan fingerprint density at radius 1 is 1.07 bits per heavy atom. The molecule has 2 heteroatoms. The number of ether oxygens (including phenoxy) is 1. The lowest BCUT2D eigenvalue weighted by Crippen LogP contribution is -1.98. The Balaban J connectivity index is 3.03. The van der Waals surface area contributed by atoms with Gasteiger partial charge in [-0.25, -0.2) is 0 Å². The third kappa shape index (κ3) is 9.56. The summed E-state index contributed by atoms with van der Waals surface area (Å²) >= 11 is 0. The average molecular weight is 199 g/mol. The summed E-state index contributed by atoms with van der Waals surface area (Å²) in [5, 5.41) is 7.29. The normalized spacial score (nSPS) is 10.6. The molecular weight excluding hydrogens is 174 g/mol. The Labute approximate surface area is 88.6 Å². The fraction of sp³-hybridized carbons (Fsp3) is 0.917. The summed E-state index contributed by atoms with van der Waals surface area (Å²) in [7, 11) is 1.57. The number of nitrogens with one attached hydrogen (secondary N) is 1. The molecule has 0 radical (unpaired) electrons. The molecule has 0 unspecified atom stereocenters. The van der Waals surface area contributed by atoms with E-state index in [2.05, 4.69) is 13.8 Å². The van der Waals surface area contributed by atoms with Crippen molar-refractivity contribution in [1.29, 1.82) is 5.41 Å². The van der Waals surface area contributed by atoms with E-state index in [1.807, 2.05) is 0 Å². The molecule has 0 aliphatic heterocycles. The van der Waals surface area contributed by atoms with Crippen molar-refractivity contribution in [3.05, 3.63) is 0 Å². The van der Waals surface area contributed by atoms with Gasteiger partial charge in [0.05, 0.1) is 7.11 Å². The second-order valence-electron chi connectivity index (χ2n) is 4.33. The molecule has 0 saturated carbocycles. The van der Waals surface area contributed by atoms with E-state index in [0.717, 1.165) is 18.8 Å². The highest BCUT2D eigenvalue weighted by molar-refractivity contribution is 5.72. The lowest BCUT2D eigenvalue weighted by atomic mass is 10.0. The van der Waals surface area contributed by atoms with Gasteiger partial charge in [-0.1, -0.05) is 46.0 Å². The maximum Gasteiger partial charge on any atom is 0.180 e. The van der Waals surface area contributed by atoms with Crippen molar-refractivity contribution < 1.29 is 4.74 Å². The molecule has 1 N–H and O–H groups in total. The van der Waals surface area contributed by atoms with Crippen molar-refractivity contribution in [3.63, 3.8) is 0 Å². The van der Waals surface area contributed by atoms with E-state index < -0.39 is 0 Å². The zero-order valence-electron chi connectivity index (χ0n) is 9.94. The monoisotopic (exact) mass is 199 g/mol. The van der Waals surface area contributed by atoms with Crippen LogP contribution in [0.5, 0.6) is 0 Å². The minimum absolute atomic E-state index is 0.423. The highest BCUT2D eigenvalue weighted by Gasteiger charge is 1.96. The summed E-state index contributed by atoms with van der Waals surface area (Å²) in [5.74, 6) is 1.27. The second-order valence-corrected chi connectivity index (χ2v) is 4.33. The van der Waals surface area contributed by atoms with Crippen LogP contribution in [-0.4, -0.2) is 13.0 Å². The summed E-state index contributed by atoms with van der Waals surface area (Å²) < 4.78 is 4.79. The van der Waals surface area contributed by atoms with Gasteiger partial charge in [0.2, 0.25) is 0 Å². The molecule has 0 fully saturated rings. The van der Waals surface area contributed by atoms with Gasteiger partial charge in [0.25, 0.3) is 0 Å². The van der Waals surface area contributed by atoms with E-state index >= 15 is 0 Å². The van der Waals surface area contributed by atoms with Crippen LogP contribution in [0.4, 0.5) is 0 Å². The predicted octanol–water partition coefficient (Wildman–Crippen LogP) is 4.00. The minimum Gasteiger partial charge on any atom is -0.484 e. The van der Waals surface area contributed by atoms with Gasteiger partial charge in [0.15, 0.2) is 5.90 Å². The van der Waals surface area contributed by atoms with Gasteiger partial charge in [0.1, 0.15) is 0 Å². The largest absolute Gasteiger partial charge is 0.484 e. The fourth-order valence-corrected chi connectivity index (χ4v) is 1.47. The van der Waals surface area contributed by atoms with Gasteiger partial charge < -0.3 is 4.74 Å². The molecule has 0 aromatic heterocycles. The topological polar surface area (TPSA) is 33.1 Å². The Kier molecular flexibility index (Phi) is 8.70. The summed E-state index contributed by atoms with van der Waals surface area (Å²) in [6.45, 7) is 4.56. The van der Waals surface area contributed by atoms with Gasteiger partial charge in [-0.3, -0.25) is 5.41 Å². The van der Waals surface area contributed by atoms with Crippen LogP contribution in [0.15, 0.2) is 0 Å². The molecule has 0 aliphatic rings. The molecule has 2 nitrogen and oxygen atoms in total. The van der Waals surface area contributed by atoms with Crippen LogP contribution in [0.3, 0.4) is 0 Å². The molecule has 84 valence electrons. The van der Waals surface area contributed by atoms with Crippen molar-refractivity contribution in [2.45, 2.75) is 58.8 Å². The maximum absolute atomic E-state index is 7.29.